The molecule has 3 aromatic heterocycles. The molecule has 0 bridgehead atoms. The number of nitrogens with one attached hydrogen (secondary N) is 1. The third kappa shape index (κ3) is 4.19. The lowest BCUT2D eigenvalue weighted by molar-refractivity contribution is -0.123. The highest BCUT2D eigenvalue weighted by Crippen LogP contribution is 2.31. The summed E-state index contributed by atoms with van der Waals surface area (Å²) in [6.45, 7) is 6.46. The molecule has 1 N–H and O–H groups in total. The monoisotopic (exact) mass is 455 g/mol. The number of halogens is 2. The van der Waals surface area contributed by atoms with Crippen LogP contribution in [0.2, 0.25) is 0 Å². The topological polar surface area (TPSA) is 107 Å². The maximum Gasteiger partial charge on any atom is 0.339 e. The number of hydrogen-bond acceptors (Lipinski definition) is 7. The predicted molar refractivity (Wildman–Crippen MR) is 114 cm³/mol. The van der Waals surface area contributed by atoms with Crippen LogP contribution in [0.5, 0.6) is 0 Å². The van der Waals surface area contributed by atoms with E-state index in [0.717, 1.165) is 12.1 Å². The number of amides is 1. The second-order valence-electron chi connectivity index (χ2n) is 7.46. The molecule has 10 heteroatoms. The number of furan rings is 1. The molecular formula is C23H19F2N3O5. The van der Waals surface area contributed by atoms with E-state index in [9.17, 15) is 18.4 Å². The third-order valence-electron chi connectivity index (χ3n) is 5.02. The third-order valence-corrected chi connectivity index (χ3v) is 5.02. The highest BCUT2D eigenvalue weighted by Gasteiger charge is 2.26. The van der Waals surface area contributed by atoms with Crippen LogP contribution in [-0.2, 0) is 9.53 Å². The Kier molecular flexibility index (Phi) is 5.67. The van der Waals surface area contributed by atoms with Gasteiger partial charge in [0.25, 0.3) is 11.6 Å². The normalized spacial score (nSPS) is 12.1. The molecule has 0 saturated heterocycles. The van der Waals surface area contributed by atoms with Gasteiger partial charge in [0.2, 0.25) is 0 Å². The zero-order chi connectivity index (χ0) is 23.9. The van der Waals surface area contributed by atoms with Crippen LogP contribution < -0.4 is 5.32 Å². The number of carbonyl (C=O) groups is 2. The van der Waals surface area contributed by atoms with E-state index in [2.05, 4.69) is 15.5 Å². The SMILES string of the molecule is Cc1cc(-c2cc(C(=O)OC(C)C(=O)Nc3c(F)cccc3F)c3c(C)noc3n2)c(C)o1. The maximum atomic E-state index is 13.8. The summed E-state index contributed by atoms with van der Waals surface area (Å²) in [5.41, 5.74) is 1.01. The van der Waals surface area contributed by atoms with Gasteiger partial charge in [0, 0.05) is 5.56 Å². The van der Waals surface area contributed by atoms with Gasteiger partial charge in [0.05, 0.1) is 22.3 Å². The number of esters is 1. The average Bonchev–Trinajstić information content (AvgIpc) is 3.31. The molecule has 8 nitrogen and oxygen atoms in total. The van der Waals surface area contributed by atoms with Gasteiger partial charge in [-0.05, 0) is 52.0 Å². The number of para-hydroxylation sites is 1. The number of carbonyl (C=O) groups excluding carboxylic acids is 2. The molecule has 33 heavy (non-hydrogen) atoms. The van der Waals surface area contributed by atoms with Crippen LogP contribution >= 0.6 is 0 Å². The van der Waals surface area contributed by atoms with Gasteiger partial charge in [-0.25, -0.2) is 18.6 Å². The lowest BCUT2D eigenvalue weighted by Gasteiger charge is -2.15. The fourth-order valence-corrected chi connectivity index (χ4v) is 3.40. The van der Waals surface area contributed by atoms with Crippen molar-refractivity contribution in [3.8, 4) is 11.3 Å². The molecule has 3 heterocycles. The summed E-state index contributed by atoms with van der Waals surface area (Å²) in [6.07, 6.45) is -1.36. The molecule has 0 spiro atoms. The molecule has 4 rings (SSSR count). The smallest absolute Gasteiger partial charge is 0.339 e. The first kappa shape index (κ1) is 22.1. The van der Waals surface area contributed by atoms with Crippen molar-refractivity contribution >= 4 is 28.7 Å². The number of rotatable bonds is 5. The van der Waals surface area contributed by atoms with E-state index < -0.39 is 35.3 Å². The number of nitrogens with zero attached hydrogens (tertiary/aromatic N) is 2. The Hall–Kier alpha value is -4.08. The van der Waals surface area contributed by atoms with Crippen LogP contribution in [0.25, 0.3) is 22.4 Å². The number of aryl methyl sites for hydroxylation is 3. The van der Waals surface area contributed by atoms with Gasteiger partial charge in [-0.2, -0.15) is 0 Å². The van der Waals surface area contributed by atoms with Crippen LogP contribution in [0.1, 0.15) is 34.5 Å². The standard InChI is InChI=1S/C23H19F2N3O5/c1-10-8-14(12(3)31-10)18-9-15(19-11(2)28-33-22(19)26-18)23(30)32-13(4)21(29)27-20-16(24)6-5-7-17(20)25/h5-9,13H,1-4H3,(H,27,29). The number of benzene rings is 1. The van der Waals surface area contributed by atoms with Crippen molar-refractivity contribution in [3.63, 3.8) is 0 Å². The van der Waals surface area contributed by atoms with Crippen LogP contribution in [0.15, 0.2) is 39.3 Å². The van der Waals surface area contributed by atoms with Gasteiger partial charge in [0.1, 0.15) is 28.8 Å². The van der Waals surface area contributed by atoms with Crippen LogP contribution in [-0.4, -0.2) is 28.1 Å². The van der Waals surface area contributed by atoms with Crippen molar-refractivity contribution < 1.29 is 32.0 Å². The average molecular weight is 455 g/mol. The predicted octanol–water partition coefficient (Wildman–Crippen LogP) is 4.87. The molecule has 0 radical (unpaired) electrons. The van der Waals surface area contributed by atoms with Gasteiger partial charge in [-0.15, -0.1) is 0 Å². The number of ether oxygens (including phenoxy) is 1. The Morgan fingerprint density at radius 2 is 1.82 bits per heavy atom. The van der Waals surface area contributed by atoms with E-state index in [1.165, 1.54) is 19.1 Å². The molecule has 1 aromatic carbocycles. The summed E-state index contributed by atoms with van der Waals surface area (Å²) in [4.78, 5) is 29.8. The number of aromatic nitrogens is 2. The highest BCUT2D eigenvalue weighted by atomic mass is 19.1. The highest BCUT2D eigenvalue weighted by molar-refractivity contribution is 6.05. The minimum Gasteiger partial charge on any atom is -0.466 e. The van der Waals surface area contributed by atoms with Crippen LogP contribution in [0.3, 0.4) is 0 Å². The van der Waals surface area contributed by atoms with E-state index in [0.29, 0.717) is 33.9 Å². The van der Waals surface area contributed by atoms with Crippen molar-refractivity contribution in [2.24, 2.45) is 0 Å². The first-order valence-electron chi connectivity index (χ1n) is 9.96. The quantitative estimate of drug-likeness (QED) is 0.428. The Morgan fingerprint density at radius 1 is 1.12 bits per heavy atom. The van der Waals surface area contributed by atoms with Crippen molar-refractivity contribution in [1.29, 1.82) is 0 Å². The Balaban J connectivity index is 1.64. The lowest BCUT2D eigenvalue weighted by atomic mass is 10.1. The molecule has 4 aromatic rings. The van der Waals surface area contributed by atoms with E-state index >= 15 is 0 Å². The minimum atomic E-state index is -1.36. The van der Waals surface area contributed by atoms with Crippen molar-refractivity contribution in [1.82, 2.24) is 10.1 Å². The second-order valence-corrected chi connectivity index (χ2v) is 7.46. The molecular weight excluding hydrogens is 436 g/mol. The molecule has 1 unspecified atom stereocenters. The fraction of sp³-hybridized carbons (Fsp3) is 0.217. The summed E-state index contributed by atoms with van der Waals surface area (Å²) >= 11 is 0. The largest absolute Gasteiger partial charge is 0.466 e. The molecule has 0 saturated carbocycles. The van der Waals surface area contributed by atoms with E-state index in [1.807, 2.05) is 0 Å². The van der Waals surface area contributed by atoms with Gasteiger partial charge < -0.3 is 19.0 Å². The Bertz CT molecular complexity index is 1370. The molecule has 0 fully saturated rings. The van der Waals surface area contributed by atoms with Crippen molar-refractivity contribution in [3.05, 3.63) is 64.7 Å². The van der Waals surface area contributed by atoms with Crippen LogP contribution in [0.4, 0.5) is 14.5 Å². The summed E-state index contributed by atoms with van der Waals surface area (Å²) in [5.74, 6) is -2.41. The molecule has 0 aliphatic heterocycles. The van der Waals surface area contributed by atoms with Gasteiger partial charge >= 0.3 is 5.97 Å². The number of anilines is 1. The lowest BCUT2D eigenvalue weighted by Crippen LogP contribution is -2.30. The van der Waals surface area contributed by atoms with Crippen molar-refractivity contribution in [2.45, 2.75) is 33.8 Å². The summed E-state index contributed by atoms with van der Waals surface area (Å²) < 4.78 is 43.7. The number of fused-ring (bicyclic) bond motifs is 1. The fourth-order valence-electron chi connectivity index (χ4n) is 3.40. The molecule has 1 amide bonds. The maximum absolute atomic E-state index is 13.8. The second kappa shape index (κ2) is 8.45. The summed E-state index contributed by atoms with van der Waals surface area (Å²) in [6, 6.07) is 6.42. The zero-order valence-electron chi connectivity index (χ0n) is 18.2. The summed E-state index contributed by atoms with van der Waals surface area (Å²) in [7, 11) is 0. The van der Waals surface area contributed by atoms with Gasteiger partial charge in [-0.3, -0.25) is 4.79 Å². The van der Waals surface area contributed by atoms with E-state index in [-0.39, 0.29) is 11.3 Å². The van der Waals surface area contributed by atoms with Gasteiger partial charge in [0.15, 0.2) is 6.10 Å². The van der Waals surface area contributed by atoms with Crippen molar-refractivity contribution in [2.75, 3.05) is 5.32 Å². The molecule has 0 aliphatic carbocycles. The molecule has 1 atom stereocenters. The number of hydrogen-bond donors (Lipinski definition) is 1. The minimum absolute atomic E-state index is 0.0729. The molecule has 0 aliphatic rings. The Morgan fingerprint density at radius 3 is 2.45 bits per heavy atom. The van der Waals surface area contributed by atoms with Crippen LogP contribution in [0, 0.1) is 32.4 Å². The zero-order valence-corrected chi connectivity index (χ0v) is 18.2. The number of pyridine rings is 1. The first-order valence-corrected chi connectivity index (χ1v) is 9.96. The van der Waals surface area contributed by atoms with E-state index in [1.54, 1.807) is 26.8 Å². The first-order chi connectivity index (χ1) is 15.7. The Labute approximate surface area is 186 Å². The van der Waals surface area contributed by atoms with Gasteiger partial charge in [-0.1, -0.05) is 11.2 Å². The molecule has 170 valence electrons. The summed E-state index contributed by atoms with van der Waals surface area (Å²) in [5, 5.41) is 6.29. The van der Waals surface area contributed by atoms with E-state index in [4.69, 9.17) is 13.7 Å².